The zero-order valence-electron chi connectivity index (χ0n) is 34.2. The van der Waals surface area contributed by atoms with Gasteiger partial charge >= 0.3 is 11.9 Å². The van der Waals surface area contributed by atoms with Crippen molar-refractivity contribution in [2.75, 3.05) is 26.7 Å². The molecule has 0 fully saturated rings. The molecule has 0 saturated heterocycles. The van der Waals surface area contributed by atoms with E-state index >= 15 is 0 Å². The SMILES string of the molecule is CCC=CCC=CCC=CCC=CCC=CCCCC(=O)OCC(C)(C)C(O)C(=O)NCCC(=O)O.CNCCC(Oc1cccc2ccccc12)c1cccs1. The van der Waals surface area contributed by atoms with Crippen LogP contribution in [0.4, 0.5) is 0 Å². The molecule has 310 valence electrons. The number of ether oxygens (including phenoxy) is 2. The van der Waals surface area contributed by atoms with Crippen LogP contribution in [0.15, 0.2) is 121 Å². The number of hydrogen-bond acceptors (Lipinski definition) is 8. The van der Waals surface area contributed by atoms with Crippen LogP contribution in [0.2, 0.25) is 0 Å². The van der Waals surface area contributed by atoms with Crippen molar-refractivity contribution in [2.24, 2.45) is 5.41 Å². The number of rotatable bonds is 26. The van der Waals surface area contributed by atoms with E-state index in [1.807, 2.05) is 13.1 Å². The minimum absolute atomic E-state index is 0.0725. The average Bonchev–Trinajstić information content (AvgIpc) is 3.75. The van der Waals surface area contributed by atoms with Crippen molar-refractivity contribution in [1.82, 2.24) is 10.6 Å². The van der Waals surface area contributed by atoms with Gasteiger partial charge in [0.05, 0.1) is 13.0 Å². The molecule has 9 nitrogen and oxygen atoms in total. The van der Waals surface area contributed by atoms with E-state index in [1.165, 1.54) is 15.6 Å². The highest BCUT2D eigenvalue weighted by Crippen LogP contribution is 2.32. The lowest BCUT2D eigenvalue weighted by Gasteiger charge is -2.28. The predicted molar refractivity (Wildman–Crippen MR) is 234 cm³/mol. The fourth-order valence-electron chi connectivity index (χ4n) is 5.36. The molecule has 1 amide bonds. The number of allylic oxidation sites excluding steroid dienone is 10. The van der Waals surface area contributed by atoms with Crippen molar-refractivity contribution in [1.29, 1.82) is 0 Å². The second-order valence-electron chi connectivity index (χ2n) is 14.1. The van der Waals surface area contributed by atoms with Crippen molar-refractivity contribution < 1.29 is 34.1 Å². The van der Waals surface area contributed by atoms with Gasteiger partial charge in [0.1, 0.15) is 18.0 Å². The Balaban J connectivity index is 0.000000446. The van der Waals surface area contributed by atoms with E-state index in [9.17, 15) is 19.5 Å². The van der Waals surface area contributed by atoms with Crippen LogP contribution in [0, 0.1) is 5.41 Å². The van der Waals surface area contributed by atoms with Gasteiger partial charge < -0.3 is 30.3 Å². The van der Waals surface area contributed by atoms with Crippen molar-refractivity contribution in [3.8, 4) is 5.75 Å². The lowest BCUT2D eigenvalue weighted by molar-refractivity contribution is -0.153. The van der Waals surface area contributed by atoms with Gasteiger partial charge in [-0.15, -0.1) is 11.3 Å². The van der Waals surface area contributed by atoms with E-state index in [4.69, 9.17) is 14.6 Å². The van der Waals surface area contributed by atoms with Gasteiger partial charge in [0.25, 0.3) is 0 Å². The van der Waals surface area contributed by atoms with Gasteiger partial charge in [-0.1, -0.05) is 124 Å². The maximum absolute atomic E-state index is 12.0. The molecule has 4 N–H and O–H groups in total. The van der Waals surface area contributed by atoms with Crippen LogP contribution in [-0.2, 0) is 19.1 Å². The first-order valence-electron chi connectivity index (χ1n) is 20.0. The summed E-state index contributed by atoms with van der Waals surface area (Å²) in [4.78, 5) is 35.7. The van der Waals surface area contributed by atoms with Gasteiger partial charge in [-0.3, -0.25) is 14.4 Å². The predicted octanol–water partition coefficient (Wildman–Crippen LogP) is 10.1. The summed E-state index contributed by atoms with van der Waals surface area (Å²) in [5, 5.41) is 28.8. The third kappa shape index (κ3) is 21.4. The maximum Gasteiger partial charge on any atom is 0.305 e. The van der Waals surface area contributed by atoms with Crippen LogP contribution in [0.1, 0.15) is 96.0 Å². The number of aliphatic carboxylic acids is 1. The summed E-state index contributed by atoms with van der Waals surface area (Å²) < 4.78 is 11.6. The van der Waals surface area contributed by atoms with Gasteiger partial charge in [-0.25, -0.2) is 0 Å². The lowest BCUT2D eigenvalue weighted by Crippen LogP contribution is -2.46. The number of hydrogen-bond donors (Lipinski definition) is 4. The van der Waals surface area contributed by atoms with E-state index in [0.717, 1.165) is 57.2 Å². The number of carboxylic acid groups (broad SMARTS) is 1. The summed E-state index contributed by atoms with van der Waals surface area (Å²) >= 11 is 1.75. The van der Waals surface area contributed by atoms with E-state index in [2.05, 4.69) is 132 Å². The number of unbranched alkanes of at least 4 members (excludes halogenated alkanes) is 1. The Kier molecular flexibility index (Phi) is 25.0. The zero-order valence-corrected chi connectivity index (χ0v) is 35.1. The van der Waals surface area contributed by atoms with E-state index in [-0.39, 0.29) is 38.1 Å². The number of thiophene rings is 1. The molecule has 57 heavy (non-hydrogen) atoms. The van der Waals surface area contributed by atoms with Crippen LogP contribution in [0.3, 0.4) is 0 Å². The first kappa shape index (κ1) is 48.4. The van der Waals surface area contributed by atoms with Crippen LogP contribution in [-0.4, -0.2) is 60.9 Å². The molecule has 0 saturated carbocycles. The van der Waals surface area contributed by atoms with Crippen molar-refractivity contribution >= 4 is 40.0 Å². The fourth-order valence-corrected chi connectivity index (χ4v) is 6.14. The number of aliphatic hydroxyl groups is 1. The number of benzene rings is 2. The summed E-state index contributed by atoms with van der Waals surface area (Å²) in [6.07, 6.45) is 27.3. The molecule has 0 aliphatic rings. The Labute approximate surface area is 344 Å². The number of carbonyl (C=O) groups excluding carboxylic acids is 2. The first-order valence-corrected chi connectivity index (χ1v) is 20.9. The van der Waals surface area contributed by atoms with Crippen molar-refractivity contribution in [3.63, 3.8) is 0 Å². The minimum Gasteiger partial charge on any atom is -0.484 e. The molecule has 3 rings (SSSR count). The van der Waals surface area contributed by atoms with Crippen LogP contribution in [0.25, 0.3) is 10.8 Å². The molecule has 0 radical (unpaired) electrons. The Morgan fingerprint density at radius 1 is 0.807 bits per heavy atom. The zero-order chi connectivity index (χ0) is 41.6. The van der Waals surface area contributed by atoms with Gasteiger partial charge in [-0.05, 0) is 81.4 Å². The monoisotopic (exact) mass is 800 g/mol. The van der Waals surface area contributed by atoms with E-state index in [1.54, 1.807) is 25.2 Å². The standard InChI is InChI=1S/C29H45NO6.C18H19NOS/c1-4-5-6-7-8-9-10-11-12-13-14-15-16-17-18-19-20-21-26(33)36-24-29(2,3)27(34)28(35)30-23-22-25(31)32;1-19-12-11-17(18-10-5-13-21-18)20-16-9-4-7-14-6-2-3-8-15(14)16/h5-6,8-9,11-12,14-15,17-18,27,34H,4,7,10,13,16,19-24H2,1-3H3,(H,30,35)(H,31,32);2-10,13,17,19H,11-12H2,1H3. The van der Waals surface area contributed by atoms with Gasteiger partial charge in [0.2, 0.25) is 5.91 Å². The molecule has 0 spiro atoms. The van der Waals surface area contributed by atoms with E-state index in [0.29, 0.717) is 6.42 Å². The van der Waals surface area contributed by atoms with Crippen molar-refractivity contribution in [3.05, 3.63) is 126 Å². The van der Waals surface area contributed by atoms with Crippen LogP contribution >= 0.6 is 11.3 Å². The highest BCUT2D eigenvalue weighted by molar-refractivity contribution is 7.10. The molecule has 2 unspecified atom stereocenters. The Morgan fingerprint density at radius 2 is 1.44 bits per heavy atom. The molecule has 10 heteroatoms. The average molecular weight is 801 g/mol. The van der Waals surface area contributed by atoms with Gasteiger partial charge in [-0.2, -0.15) is 0 Å². The first-order chi connectivity index (χ1) is 27.6. The van der Waals surface area contributed by atoms with Gasteiger partial charge in [0, 0.05) is 35.1 Å². The molecule has 0 aliphatic heterocycles. The summed E-state index contributed by atoms with van der Waals surface area (Å²) in [6.45, 7) is 6.11. The third-order valence-corrected chi connectivity index (χ3v) is 9.64. The van der Waals surface area contributed by atoms with E-state index < -0.39 is 23.4 Å². The number of aliphatic hydroxyl groups excluding tert-OH is 1. The molecule has 3 aromatic rings. The second-order valence-corrected chi connectivity index (χ2v) is 15.1. The topological polar surface area (TPSA) is 134 Å². The molecule has 1 aromatic heterocycles. The Morgan fingerprint density at radius 3 is 2.05 bits per heavy atom. The largest absolute Gasteiger partial charge is 0.484 e. The number of esters is 1. The normalized spacial score (nSPS) is 13.1. The number of carboxylic acids is 1. The maximum atomic E-state index is 12.0. The number of carbonyl (C=O) groups is 3. The molecule has 0 aliphatic carbocycles. The molecular formula is C47H64N2O7S. The molecule has 0 bridgehead atoms. The number of amides is 1. The molecule has 2 aromatic carbocycles. The summed E-state index contributed by atoms with van der Waals surface area (Å²) in [5.41, 5.74) is -0.993. The van der Waals surface area contributed by atoms with Crippen LogP contribution in [0.5, 0.6) is 5.75 Å². The number of fused-ring (bicyclic) bond motifs is 1. The fraction of sp³-hybridized carbons (Fsp3) is 0.426. The third-order valence-electron chi connectivity index (χ3n) is 8.68. The Bertz CT molecular complexity index is 1720. The number of nitrogens with one attached hydrogen (secondary N) is 2. The summed E-state index contributed by atoms with van der Waals surface area (Å²) in [7, 11) is 1.98. The highest BCUT2D eigenvalue weighted by Gasteiger charge is 2.35. The summed E-state index contributed by atoms with van der Waals surface area (Å²) in [5.74, 6) is -1.14. The smallest absolute Gasteiger partial charge is 0.305 e. The lowest BCUT2D eigenvalue weighted by atomic mass is 9.87. The van der Waals surface area contributed by atoms with Gasteiger partial charge in [0.15, 0.2) is 0 Å². The second kappa shape index (κ2) is 29.5. The van der Waals surface area contributed by atoms with Crippen LogP contribution < -0.4 is 15.4 Å². The summed E-state index contributed by atoms with van der Waals surface area (Å²) in [6, 6.07) is 18.8. The highest BCUT2D eigenvalue weighted by atomic mass is 32.1. The minimum atomic E-state index is -1.42. The Hall–Kier alpha value is -4.77. The molecule has 1 heterocycles. The quantitative estimate of drug-likeness (QED) is 0.0358. The molecule has 2 atom stereocenters. The molecular weight excluding hydrogens is 737 g/mol. The van der Waals surface area contributed by atoms with Crippen molar-refractivity contribution in [2.45, 2.75) is 97.2 Å².